The van der Waals surface area contributed by atoms with Crippen molar-refractivity contribution in [3.05, 3.63) is 46.8 Å². The average Bonchev–Trinajstić information content (AvgIpc) is 2.92. The summed E-state index contributed by atoms with van der Waals surface area (Å²) in [5, 5.41) is 7.08. The van der Waals surface area contributed by atoms with Gasteiger partial charge in [0.1, 0.15) is 0 Å². The highest BCUT2D eigenvalue weighted by Gasteiger charge is 2.36. The van der Waals surface area contributed by atoms with Crippen LogP contribution < -0.4 is 4.90 Å². The molecule has 1 aliphatic rings. The van der Waals surface area contributed by atoms with Gasteiger partial charge in [0.05, 0.1) is 28.2 Å². The molecule has 0 bridgehead atoms. The van der Waals surface area contributed by atoms with Crippen LogP contribution in [0.4, 0.5) is 18.9 Å². The number of halogens is 3. The van der Waals surface area contributed by atoms with Crippen molar-refractivity contribution in [2.75, 3.05) is 31.1 Å². The quantitative estimate of drug-likeness (QED) is 0.904. The maximum absolute atomic E-state index is 13.1. The number of carbonyl (C=O) groups is 1. The number of amides is 1. The number of aryl methyl sites for hydroxylation is 2. The molecule has 1 saturated heterocycles. The Morgan fingerprint density at radius 1 is 1.12 bits per heavy atom. The molecular formula is C17H19F3N4O. The average molecular weight is 352 g/mol. The zero-order valence-corrected chi connectivity index (χ0v) is 14.0. The molecule has 5 nitrogen and oxygen atoms in total. The second kappa shape index (κ2) is 6.42. The zero-order valence-electron chi connectivity index (χ0n) is 14.0. The van der Waals surface area contributed by atoms with Gasteiger partial charge in [0.2, 0.25) is 0 Å². The van der Waals surface area contributed by atoms with Crippen molar-refractivity contribution in [3.63, 3.8) is 0 Å². The summed E-state index contributed by atoms with van der Waals surface area (Å²) in [6.07, 6.45) is -4.54. The summed E-state index contributed by atoms with van der Waals surface area (Å²) in [5.41, 5.74) is 1.64. The highest BCUT2D eigenvalue weighted by Crippen LogP contribution is 2.32. The van der Waals surface area contributed by atoms with E-state index in [0.29, 0.717) is 26.2 Å². The van der Waals surface area contributed by atoms with E-state index in [2.05, 4.69) is 15.1 Å². The molecule has 2 heterocycles. The van der Waals surface area contributed by atoms with Crippen LogP contribution in [0.15, 0.2) is 24.3 Å². The Morgan fingerprint density at radius 2 is 1.76 bits per heavy atom. The van der Waals surface area contributed by atoms with Crippen LogP contribution in [0.25, 0.3) is 0 Å². The number of hydrogen-bond donors (Lipinski definition) is 1. The van der Waals surface area contributed by atoms with Gasteiger partial charge >= 0.3 is 6.18 Å². The van der Waals surface area contributed by atoms with Gasteiger partial charge in [-0.05, 0) is 26.0 Å². The highest BCUT2D eigenvalue weighted by molar-refractivity contribution is 5.96. The fraction of sp³-hybridized carbons (Fsp3) is 0.412. The van der Waals surface area contributed by atoms with Crippen LogP contribution in [-0.4, -0.2) is 47.2 Å². The van der Waals surface area contributed by atoms with Gasteiger partial charge in [0.25, 0.3) is 5.91 Å². The molecule has 3 rings (SSSR count). The first-order chi connectivity index (χ1) is 11.8. The van der Waals surface area contributed by atoms with E-state index in [1.54, 1.807) is 0 Å². The minimum Gasteiger partial charge on any atom is -0.365 e. The normalized spacial score (nSPS) is 15.6. The summed E-state index contributed by atoms with van der Waals surface area (Å²) in [6, 6.07) is 4.93. The Bertz CT molecular complexity index is 757. The molecule has 0 spiro atoms. The van der Waals surface area contributed by atoms with E-state index in [0.717, 1.165) is 23.1 Å². The van der Waals surface area contributed by atoms with Crippen molar-refractivity contribution in [1.29, 1.82) is 0 Å². The van der Waals surface area contributed by atoms with Gasteiger partial charge < -0.3 is 9.80 Å². The van der Waals surface area contributed by atoms with Crippen LogP contribution >= 0.6 is 0 Å². The molecule has 2 aromatic rings. The number of piperazine rings is 1. The van der Waals surface area contributed by atoms with Gasteiger partial charge in [-0.2, -0.15) is 18.3 Å². The third-order valence-electron chi connectivity index (χ3n) is 4.44. The van der Waals surface area contributed by atoms with Gasteiger partial charge in [-0.15, -0.1) is 0 Å². The summed E-state index contributed by atoms with van der Waals surface area (Å²) in [5.74, 6) is -0.576. The lowest BCUT2D eigenvalue weighted by Crippen LogP contribution is -2.49. The van der Waals surface area contributed by atoms with E-state index in [4.69, 9.17) is 0 Å². The fourth-order valence-corrected chi connectivity index (χ4v) is 3.23. The van der Waals surface area contributed by atoms with Crippen molar-refractivity contribution in [3.8, 4) is 0 Å². The van der Waals surface area contributed by atoms with Crippen molar-refractivity contribution < 1.29 is 18.0 Å². The number of nitrogens with zero attached hydrogens (tertiary/aromatic N) is 3. The topological polar surface area (TPSA) is 52.2 Å². The van der Waals surface area contributed by atoms with E-state index in [-0.39, 0.29) is 5.56 Å². The van der Waals surface area contributed by atoms with Crippen molar-refractivity contribution in [2.45, 2.75) is 20.0 Å². The Balaban J connectivity index is 1.75. The Morgan fingerprint density at radius 3 is 2.32 bits per heavy atom. The van der Waals surface area contributed by atoms with E-state index in [9.17, 15) is 18.0 Å². The Labute approximate surface area is 143 Å². The fourth-order valence-electron chi connectivity index (χ4n) is 3.23. The van der Waals surface area contributed by atoms with E-state index < -0.39 is 17.6 Å². The molecule has 1 aromatic carbocycles. The molecular weight excluding hydrogens is 333 g/mol. The second-order valence-corrected chi connectivity index (χ2v) is 6.11. The summed E-state index contributed by atoms with van der Waals surface area (Å²) in [6.45, 7) is 5.68. The molecule has 0 unspecified atom stereocenters. The van der Waals surface area contributed by atoms with Crippen LogP contribution in [0.1, 0.15) is 27.3 Å². The predicted molar refractivity (Wildman–Crippen MR) is 87.6 cm³/mol. The second-order valence-electron chi connectivity index (χ2n) is 6.11. The number of carbonyl (C=O) groups excluding carboxylic acids is 1. The molecule has 0 atom stereocenters. The first kappa shape index (κ1) is 17.3. The maximum atomic E-state index is 13.1. The Hall–Kier alpha value is -2.51. The van der Waals surface area contributed by atoms with Gasteiger partial charge in [0.15, 0.2) is 0 Å². The van der Waals surface area contributed by atoms with Crippen molar-refractivity contribution >= 4 is 11.6 Å². The molecule has 1 amide bonds. The predicted octanol–water partition coefficient (Wildman–Crippen LogP) is 3.01. The first-order valence-corrected chi connectivity index (χ1v) is 8.01. The number of nitrogens with one attached hydrogen (secondary N) is 1. The summed E-state index contributed by atoms with van der Waals surface area (Å²) in [4.78, 5) is 16.2. The van der Waals surface area contributed by atoms with Gasteiger partial charge in [-0.3, -0.25) is 9.89 Å². The molecule has 134 valence electrons. The van der Waals surface area contributed by atoms with Crippen LogP contribution in [0.2, 0.25) is 0 Å². The molecule has 1 N–H and O–H groups in total. The van der Waals surface area contributed by atoms with Gasteiger partial charge in [-0.1, -0.05) is 12.1 Å². The minimum atomic E-state index is -4.54. The number of hydrogen-bond acceptors (Lipinski definition) is 3. The number of aromatic nitrogens is 2. The SMILES string of the molecule is Cc1n[nH]c(C)c1N1CCN(C(=O)c2ccccc2C(F)(F)F)CC1. The number of aromatic amines is 1. The molecule has 1 aromatic heterocycles. The lowest BCUT2D eigenvalue weighted by molar-refractivity contribution is -0.138. The molecule has 25 heavy (non-hydrogen) atoms. The number of alkyl halides is 3. The highest BCUT2D eigenvalue weighted by atomic mass is 19.4. The van der Waals surface area contributed by atoms with Crippen LogP contribution in [0, 0.1) is 13.8 Å². The summed E-state index contributed by atoms with van der Waals surface area (Å²) in [7, 11) is 0. The number of anilines is 1. The molecule has 8 heteroatoms. The minimum absolute atomic E-state index is 0.292. The maximum Gasteiger partial charge on any atom is 0.417 e. The molecule has 1 fully saturated rings. The smallest absolute Gasteiger partial charge is 0.365 e. The lowest BCUT2D eigenvalue weighted by atomic mass is 10.1. The van der Waals surface area contributed by atoms with Crippen molar-refractivity contribution in [1.82, 2.24) is 15.1 Å². The third kappa shape index (κ3) is 3.33. The number of benzene rings is 1. The van der Waals surface area contributed by atoms with Crippen molar-refractivity contribution in [2.24, 2.45) is 0 Å². The van der Waals surface area contributed by atoms with E-state index in [1.807, 2.05) is 13.8 Å². The standard InChI is InChI=1S/C17H19F3N4O/c1-11-15(12(2)22-21-11)23-7-9-24(10-8-23)16(25)13-5-3-4-6-14(13)17(18,19)20/h3-6H,7-10H2,1-2H3,(H,21,22). The molecule has 0 aliphatic carbocycles. The Kier molecular flexibility index (Phi) is 4.45. The first-order valence-electron chi connectivity index (χ1n) is 8.01. The zero-order chi connectivity index (χ0) is 18.2. The third-order valence-corrected chi connectivity index (χ3v) is 4.44. The van der Waals surface area contributed by atoms with Gasteiger partial charge in [0, 0.05) is 26.2 Å². The molecule has 0 saturated carbocycles. The largest absolute Gasteiger partial charge is 0.417 e. The van der Waals surface area contributed by atoms with Crippen LogP contribution in [0.5, 0.6) is 0 Å². The van der Waals surface area contributed by atoms with E-state index in [1.165, 1.54) is 23.1 Å². The number of H-pyrrole nitrogens is 1. The number of rotatable bonds is 2. The lowest BCUT2D eigenvalue weighted by Gasteiger charge is -2.36. The van der Waals surface area contributed by atoms with Crippen LogP contribution in [0.3, 0.4) is 0 Å². The monoisotopic (exact) mass is 352 g/mol. The van der Waals surface area contributed by atoms with Crippen LogP contribution in [-0.2, 0) is 6.18 Å². The van der Waals surface area contributed by atoms with E-state index >= 15 is 0 Å². The molecule has 1 aliphatic heterocycles. The van der Waals surface area contributed by atoms with Gasteiger partial charge in [-0.25, -0.2) is 0 Å². The summed E-state index contributed by atoms with van der Waals surface area (Å²) < 4.78 is 39.4. The summed E-state index contributed by atoms with van der Waals surface area (Å²) >= 11 is 0. The molecule has 0 radical (unpaired) electrons.